The largest absolute Gasteiger partial charge is 0.462 e. The Morgan fingerprint density at radius 3 is 2.18 bits per heavy atom. The van der Waals surface area contributed by atoms with Crippen LogP contribution in [0.15, 0.2) is 89.9 Å². The average molecular weight is 368 g/mol. The lowest BCUT2D eigenvalue weighted by Gasteiger charge is -2.17. The van der Waals surface area contributed by atoms with Crippen LogP contribution in [0.1, 0.15) is 20.3 Å². The first-order valence-corrected chi connectivity index (χ1v) is 9.72. The topological polar surface area (TPSA) is 33.6 Å². The molecule has 0 fully saturated rings. The fourth-order valence-corrected chi connectivity index (χ4v) is 3.22. The molecule has 0 spiro atoms. The lowest BCUT2D eigenvalue weighted by molar-refractivity contribution is 0.203. The van der Waals surface area contributed by atoms with Crippen molar-refractivity contribution < 1.29 is 4.74 Å². The van der Waals surface area contributed by atoms with Crippen LogP contribution in [0.25, 0.3) is 21.5 Å². The van der Waals surface area contributed by atoms with E-state index in [0.29, 0.717) is 6.02 Å². The van der Waals surface area contributed by atoms with E-state index in [-0.39, 0.29) is 6.10 Å². The van der Waals surface area contributed by atoms with Gasteiger partial charge < -0.3 is 10.1 Å². The Morgan fingerprint density at radius 2 is 1.43 bits per heavy atom. The van der Waals surface area contributed by atoms with E-state index < -0.39 is 0 Å². The maximum atomic E-state index is 6.14. The predicted octanol–water partition coefficient (Wildman–Crippen LogP) is 6.91. The number of nitrogens with zero attached hydrogens (tertiary/aromatic N) is 1. The third-order valence-corrected chi connectivity index (χ3v) is 4.91. The average Bonchev–Trinajstić information content (AvgIpc) is 2.74. The van der Waals surface area contributed by atoms with Crippen LogP contribution < -0.4 is 5.32 Å². The number of rotatable bonds is 4. The van der Waals surface area contributed by atoms with Crippen LogP contribution in [0.5, 0.6) is 0 Å². The molecule has 4 aromatic carbocycles. The maximum Gasteiger partial charge on any atom is 0.294 e. The summed E-state index contributed by atoms with van der Waals surface area (Å²) in [6.07, 6.45) is 0.974. The number of hydrogen-bond acceptors (Lipinski definition) is 2. The van der Waals surface area contributed by atoms with Crippen LogP contribution in [0.2, 0.25) is 0 Å². The molecule has 0 unspecified atom stereocenters. The molecule has 4 rings (SSSR count). The zero-order valence-electron chi connectivity index (χ0n) is 16.2. The second-order valence-electron chi connectivity index (χ2n) is 6.90. The molecular weight excluding hydrogens is 344 g/mol. The first kappa shape index (κ1) is 18.1. The van der Waals surface area contributed by atoms with E-state index in [9.17, 15) is 0 Å². The summed E-state index contributed by atoms with van der Waals surface area (Å²) in [5, 5.41) is 8.02. The molecule has 3 nitrogen and oxygen atoms in total. The second kappa shape index (κ2) is 8.13. The predicted molar refractivity (Wildman–Crippen MR) is 119 cm³/mol. The van der Waals surface area contributed by atoms with E-state index >= 15 is 0 Å². The Morgan fingerprint density at radius 1 is 0.821 bits per heavy atom. The molecule has 0 bridgehead atoms. The maximum absolute atomic E-state index is 6.14. The molecule has 0 saturated heterocycles. The summed E-state index contributed by atoms with van der Waals surface area (Å²) in [7, 11) is 0. The third-order valence-electron chi connectivity index (χ3n) is 4.91. The third kappa shape index (κ3) is 3.84. The van der Waals surface area contributed by atoms with E-state index in [2.05, 4.69) is 61.6 Å². The highest BCUT2D eigenvalue weighted by Gasteiger charge is 2.10. The van der Waals surface area contributed by atoms with Crippen LogP contribution >= 0.6 is 0 Å². The zero-order valence-corrected chi connectivity index (χ0v) is 16.2. The summed E-state index contributed by atoms with van der Waals surface area (Å²) in [6, 6.07) is 29.5. The molecule has 28 heavy (non-hydrogen) atoms. The quantitative estimate of drug-likeness (QED) is 0.314. The van der Waals surface area contributed by atoms with E-state index in [0.717, 1.165) is 34.0 Å². The van der Waals surface area contributed by atoms with Gasteiger partial charge in [0.1, 0.15) is 0 Å². The molecule has 0 aliphatic heterocycles. The number of benzene rings is 4. The molecule has 0 aliphatic carbocycles. The number of ether oxygens (including phenoxy) is 1. The minimum atomic E-state index is 0.0659. The van der Waals surface area contributed by atoms with Gasteiger partial charge in [0, 0.05) is 10.8 Å². The molecule has 140 valence electrons. The molecule has 1 atom stereocenters. The Balaban J connectivity index is 1.77. The summed E-state index contributed by atoms with van der Waals surface area (Å²) in [4.78, 5) is 4.86. The van der Waals surface area contributed by atoms with Gasteiger partial charge in [-0.1, -0.05) is 79.7 Å². The van der Waals surface area contributed by atoms with E-state index in [1.807, 2.05) is 42.5 Å². The smallest absolute Gasteiger partial charge is 0.294 e. The molecule has 0 aromatic heterocycles. The lowest BCUT2D eigenvalue weighted by atomic mass is 10.1. The first-order valence-electron chi connectivity index (χ1n) is 9.72. The fraction of sp³-hybridized carbons (Fsp3) is 0.160. The van der Waals surface area contributed by atoms with Gasteiger partial charge in [-0.25, -0.2) is 0 Å². The van der Waals surface area contributed by atoms with Gasteiger partial charge in [-0.15, -0.1) is 0 Å². The molecule has 4 aromatic rings. The van der Waals surface area contributed by atoms with Gasteiger partial charge in [-0.2, -0.15) is 4.99 Å². The zero-order chi connectivity index (χ0) is 19.3. The van der Waals surface area contributed by atoms with Gasteiger partial charge in [0.15, 0.2) is 0 Å². The summed E-state index contributed by atoms with van der Waals surface area (Å²) >= 11 is 0. The van der Waals surface area contributed by atoms with Crippen molar-refractivity contribution in [2.24, 2.45) is 4.99 Å². The van der Waals surface area contributed by atoms with Crippen LogP contribution in [0, 0.1) is 0 Å². The highest BCUT2D eigenvalue weighted by molar-refractivity contribution is 6.03. The highest BCUT2D eigenvalue weighted by Crippen LogP contribution is 2.27. The van der Waals surface area contributed by atoms with Crippen molar-refractivity contribution in [3.63, 3.8) is 0 Å². The van der Waals surface area contributed by atoms with E-state index in [1.165, 1.54) is 5.39 Å². The van der Waals surface area contributed by atoms with Crippen LogP contribution in [0.4, 0.5) is 11.4 Å². The summed E-state index contributed by atoms with van der Waals surface area (Å²) in [5.41, 5.74) is 1.88. The molecule has 3 heteroatoms. The highest BCUT2D eigenvalue weighted by atomic mass is 16.5. The molecular formula is C25H24N2O. The Labute approximate surface area is 165 Å². The Kier molecular flexibility index (Phi) is 5.24. The standard InChI is InChI=1S/C25H24N2O/c1-3-18(2)28-25(26-23-16-8-12-19-10-4-6-14-21(19)23)27-24-17-9-13-20-11-5-7-15-22(20)24/h4-18H,3H2,1-2H3,(H,26,27)/t18-/m0/s1. The monoisotopic (exact) mass is 368 g/mol. The minimum Gasteiger partial charge on any atom is -0.462 e. The van der Waals surface area contributed by atoms with Gasteiger partial charge in [-0.3, -0.25) is 0 Å². The van der Waals surface area contributed by atoms with Crippen LogP contribution in [-0.2, 0) is 4.74 Å². The van der Waals surface area contributed by atoms with Crippen molar-refractivity contribution in [1.82, 2.24) is 0 Å². The summed E-state index contributed by atoms with van der Waals surface area (Å²) in [5.74, 6) is 0. The van der Waals surface area contributed by atoms with Crippen molar-refractivity contribution in [2.75, 3.05) is 5.32 Å². The Bertz CT molecular complexity index is 1120. The normalized spacial score (nSPS) is 12.9. The van der Waals surface area contributed by atoms with E-state index in [1.54, 1.807) is 0 Å². The van der Waals surface area contributed by atoms with Gasteiger partial charge in [-0.05, 0) is 36.2 Å². The molecule has 0 amide bonds. The molecule has 0 saturated carbocycles. The Hall–Kier alpha value is -3.33. The SMILES string of the molecule is CC[C@H](C)OC(=Nc1cccc2ccccc12)Nc1cccc2ccccc12. The first-order chi connectivity index (χ1) is 13.7. The van der Waals surface area contributed by atoms with Gasteiger partial charge in [0.25, 0.3) is 6.02 Å². The fourth-order valence-electron chi connectivity index (χ4n) is 3.22. The van der Waals surface area contributed by atoms with Gasteiger partial charge in [0.2, 0.25) is 0 Å². The van der Waals surface area contributed by atoms with Crippen molar-refractivity contribution in [1.29, 1.82) is 0 Å². The van der Waals surface area contributed by atoms with E-state index in [4.69, 9.17) is 9.73 Å². The van der Waals surface area contributed by atoms with Gasteiger partial charge in [0.05, 0.1) is 17.5 Å². The van der Waals surface area contributed by atoms with Crippen molar-refractivity contribution in [3.8, 4) is 0 Å². The molecule has 1 N–H and O–H groups in total. The van der Waals surface area contributed by atoms with Crippen LogP contribution in [-0.4, -0.2) is 12.1 Å². The van der Waals surface area contributed by atoms with Gasteiger partial charge >= 0.3 is 0 Å². The van der Waals surface area contributed by atoms with Crippen molar-refractivity contribution >= 4 is 38.9 Å². The summed E-state index contributed by atoms with van der Waals surface area (Å²) < 4.78 is 6.14. The van der Waals surface area contributed by atoms with Crippen LogP contribution in [0.3, 0.4) is 0 Å². The minimum absolute atomic E-state index is 0.0659. The molecule has 0 aliphatic rings. The van der Waals surface area contributed by atoms with Crippen molar-refractivity contribution in [2.45, 2.75) is 26.4 Å². The lowest BCUT2D eigenvalue weighted by Crippen LogP contribution is -2.21. The second-order valence-corrected chi connectivity index (χ2v) is 6.90. The number of hydrogen-bond donors (Lipinski definition) is 1. The number of anilines is 1. The van der Waals surface area contributed by atoms with Crippen molar-refractivity contribution in [3.05, 3.63) is 84.9 Å². The number of amidine groups is 1. The number of nitrogens with one attached hydrogen (secondary N) is 1. The summed E-state index contributed by atoms with van der Waals surface area (Å²) in [6.45, 7) is 4.17. The number of fused-ring (bicyclic) bond motifs is 2. The molecule has 0 radical (unpaired) electrons. The molecule has 0 heterocycles. The number of aliphatic imine (C=N–C) groups is 1.